The van der Waals surface area contributed by atoms with Crippen molar-refractivity contribution in [1.82, 2.24) is 15.0 Å². The van der Waals surface area contributed by atoms with Gasteiger partial charge < -0.3 is 21.3 Å². The van der Waals surface area contributed by atoms with Crippen molar-refractivity contribution >= 4 is 29.2 Å². The van der Waals surface area contributed by atoms with Gasteiger partial charge in [-0.2, -0.15) is 15.0 Å². The maximum absolute atomic E-state index is 4.24. The first-order chi connectivity index (χ1) is 9.25. The third-order valence-corrected chi connectivity index (χ3v) is 2.51. The fourth-order valence-electron chi connectivity index (χ4n) is 1.50. The molecule has 2 rings (SSSR count). The molecule has 0 aliphatic heterocycles. The maximum atomic E-state index is 4.24. The van der Waals surface area contributed by atoms with Gasteiger partial charge in [0.2, 0.25) is 17.8 Å². The molecule has 1 aromatic carbocycles. The van der Waals surface area contributed by atoms with Crippen LogP contribution in [0.5, 0.6) is 0 Å². The number of rotatable bonds is 5. The fourth-order valence-corrected chi connectivity index (χ4v) is 1.50. The van der Waals surface area contributed by atoms with Crippen molar-refractivity contribution in [1.29, 1.82) is 0 Å². The van der Waals surface area contributed by atoms with Gasteiger partial charge in [-0.3, -0.25) is 0 Å². The average molecular weight is 259 g/mol. The predicted octanol–water partition coefficient (Wildman–Crippen LogP) is 1.74. The van der Waals surface area contributed by atoms with Gasteiger partial charge in [0.25, 0.3) is 0 Å². The molecule has 7 nitrogen and oxygen atoms in total. The molecule has 100 valence electrons. The summed E-state index contributed by atoms with van der Waals surface area (Å²) >= 11 is 0. The van der Waals surface area contributed by atoms with E-state index in [1.165, 1.54) is 0 Å². The highest BCUT2D eigenvalue weighted by Gasteiger charge is 2.04. The molecular formula is C12H17N7. The van der Waals surface area contributed by atoms with Gasteiger partial charge in [-0.05, 0) is 24.3 Å². The lowest BCUT2D eigenvalue weighted by Gasteiger charge is -2.08. The minimum Gasteiger partial charge on any atom is -0.388 e. The molecule has 0 saturated carbocycles. The largest absolute Gasteiger partial charge is 0.388 e. The maximum Gasteiger partial charge on any atom is 0.233 e. The molecule has 19 heavy (non-hydrogen) atoms. The van der Waals surface area contributed by atoms with Crippen molar-refractivity contribution in [3.05, 3.63) is 24.3 Å². The zero-order chi connectivity index (χ0) is 13.7. The first-order valence-corrected chi connectivity index (χ1v) is 5.91. The summed E-state index contributed by atoms with van der Waals surface area (Å²) in [5.41, 5.74) is 1.96. The van der Waals surface area contributed by atoms with Crippen molar-refractivity contribution in [2.75, 3.05) is 42.4 Å². The summed E-state index contributed by atoms with van der Waals surface area (Å²) in [4.78, 5) is 12.6. The van der Waals surface area contributed by atoms with Crippen LogP contribution in [0.2, 0.25) is 0 Å². The van der Waals surface area contributed by atoms with Crippen LogP contribution < -0.4 is 21.3 Å². The molecule has 0 fully saturated rings. The van der Waals surface area contributed by atoms with Crippen molar-refractivity contribution in [3.63, 3.8) is 0 Å². The third-order valence-electron chi connectivity index (χ3n) is 2.51. The summed E-state index contributed by atoms with van der Waals surface area (Å²) in [6.07, 6.45) is 0. The third kappa shape index (κ3) is 3.21. The Morgan fingerprint density at radius 2 is 1.11 bits per heavy atom. The van der Waals surface area contributed by atoms with Gasteiger partial charge >= 0.3 is 0 Å². The topological polar surface area (TPSA) is 86.8 Å². The molecule has 0 unspecified atom stereocenters. The number of anilines is 5. The zero-order valence-corrected chi connectivity index (χ0v) is 11.2. The zero-order valence-electron chi connectivity index (χ0n) is 11.2. The van der Waals surface area contributed by atoms with Crippen LogP contribution in [0.15, 0.2) is 24.3 Å². The van der Waals surface area contributed by atoms with Crippen molar-refractivity contribution < 1.29 is 0 Å². The molecule has 0 radical (unpaired) electrons. The highest BCUT2D eigenvalue weighted by atomic mass is 15.3. The fraction of sp³-hybridized carbons (Fsp3) is 0.250. The molecule has 0 atom stereocenters. The Hall–Kier alpha value is -2.57. The van der Waals surface area contributed by atoms with E-state index in [1.807, 2.05) is 31.3 Å². The standard InChI is InChI=1S/C12H17N7/c1-13-8-4-6-9(7-5-8)16-12-18-10(14-2)17-11(15-3)19-12/h4-7,13H,1-3H3,(H3,14,15,16,17,18,19). The summed E-state index contributed by atoms with van der Waals surface area (Å²) in [7, 11) is 5.41. The Morgan fingerprint density at radius 1 is 0.632 bits per heavy atom. The molecule has 2 aromatic rings. The van der Waals surface area contributed by atoms with Crippen LogP contribution in [-0.2, 0) is 0 Å². The van der Waals surface area contributed by atoms with Gasteiger partial charge in [0.05, 0.1) is 0 Å². The second-order valence-electron chi connectivity index (χ2n) is 3.76. The highest BCUT2D eigenvalue weighted by Crippen LogP contribution is 2.17. The van der Waals surface area contributed by atoms with E-state index in [4.69, 9.17) is 0 Å². The van der Waals surface area contributed by atoms with Crippen LogP contribution in [0.3, 0.4) is 0 Å². The number of hydrogen-bond acceptors (Lipinski definition) is 7. The Morgan fingerprint density at radius 3 is 1.58 bits per heavy atom. The lowest BCUT2D eigenvalue weighted by molar-refractivity contribution is 1.05. The van der Waals surface area contributed by atoms with E-state index in [0.717, 1.165) is 11.4 Å². The van der Waals surface area contributed by atoms with E-state index in [2.05, 4.69) is 36.2 Å². The predicted molar refractivity (Wildman–Crippen MR) is 78.2 cm³/mol. The first kappa shape index (κ1) is 12.9. The van der Waals surface area contributed by atoms with Crippen molar-refractivity contribution in [2.45, 2.75) is 0 Å². The lowest BCUT2D eigenvalue weighted by atomic mass is 10.3. The van der Waals surface area contributed by atoms with Crippen molar-refractivity contribution in [3.8, 4) is 0 Å². The highest BCUT2D eigenvalue weighted by molar-refractivity contribution is 5.59. The second-order valence-corrected chi connectivity index (χ2v) is 3.76. The molecule has 0 amide bonds. The minimum absolute atomic E-state index is 0.487. The van der Waals surface area contributed by atoms with Gasteiger partial charge in [-0.15, -0.1) is 0 Å². The molecule has 0 aliphatic rings. The smallest absolute Gasteiger partial charge is 0.233 e. The Kier molecular flexibility index (Phi) is 3.97. The molecule has 4 N–H and O–H groups in total. The molecule has 0 bridgehead atoms. The van der Waals surface area contributed by atoms with E-state index in [1.54, 1.807) is 14.1 Å². The normalized spacial score (nSPS) is 9.84. The monoisotopic (exact) mass is 259 g/mol. The van der Waals surface area contributed by atoms with E-state index in [-0.39, 0.29) is 0 Å². The summed E-state index contributed by atoms with van der Waals surface area (Å²) in [5, 5.41) is 12.0. The molecular weight excluding hydrogens is 242 g/mol. The van der Waals surface area contributed by atoms with Crippen LogP contribution in [0.1, 0.15) is 0 Å². The van der Waals surface area contributed by atoms with Gasteiger partial charge in [-0.1, -0.05) is 0 Å². The Balaban J connectivity index is 2.21. The number of hydrogen-bond donors (Lipinski definition) is 4. The number of nitrogens with zero attached hydrogens (tertiary/aromatic N) is 3. The van der Waals surface area contributed by atoms with Gasteiger partial charge in [-0.25, -0.2) is 0 Å². The number of nitrogens with one attached hydrogen (secondary N) is 4. The van der Waals surface area contributed by atoms with Crippen LogP contribution in [0, 0.1) is 0 Å². The summed E-state index contributed by atoms with van der Waals surface area (Å²) in [5.74, 6) is 1.50. The van der Waals surface area contributed by atoms with Gasteiger partial charge in [0.1, 0.15) is 0 Å². The number of benzene rings is 1. The van der Waals surface area contributed by atoms with E-state index in [9.17, 15) is 0 Å². The summed E-state index contributed by atoms with van der Waals surface area (Å²) in [6, 6.07) is 7.85. The first-order valence-electron chi connectivity index (χ1n) is 5.91. The average Bonchev–Trinajstić information content (AvgIpc) is 2.47. The SMILES string of the molecule is CNc1ccc(Nc2nc(NC)nc(NC)n2)cc1. The second kappa shape index (κ2) is 5.85. The molecule has 0 spiro atoms. The molecule has 0 saturated heterocycles. The molecule has 1 aromatic heterocycles. The van der Waals surface area contributed by atoms with E-state index in [0.29, 0.717) is 17.8 Å². The van der Waals surface area contributed by atoms with Crippen LogP contribution in [-0.4, -0.2) is 36.1 Å². The number of aromatic nitrogens is 3. The minimum atomic E-state index is 0.487. The van der Waals surface area contributed by atoms with Gasteiger partial charge in [0, 0.05) is 32.5 Å². The summed E-state index contributed by atoms with van der Waals surface area (Å²) in [6.45, 7) is 0. The van der Waals surface area contributed by atoms with E-state index >= 15 is 0 Å². The van der Waals surface area contributed by atoms with Gasteiger partial charge in [0.15, 0.2) is 0 Å². The lowest BCUT2D eigenvalue weighted by Crippen LogP contribution is -2.07. The van der Waals surface area contributed by atoms with E-state index < -0.39 is 0 Å². The molecule has 0 aliphatic carbocycles. The van der Waals surface area contributed by atoms with Crippen LogP contribution in [0.25, 0.3) is 0 Å². The van der Waals surface area contributed by atoms with Crippen LogP contribution in [0.4, 0.5) is 29.2 Å². The molecule has 7 heteroatoms. The Labute approximate surface area is 111 Å². The molecule has 1 heterocycles. The van der Waals surface area contributed by atoms with Crippen molar-refractivity contribution in [2.24, 2.45) is 0 Å². The Bertz CT molecular complexity index is 516. The quantitative estimate of drug-likeness (QED) is 0.650. The van der Waals surface area contributed by atoms with Crippen LogP contribution >= 0.6 is 0 Å². The summed E-state index contributed by atoms with van der Waals surface area (Å²) < 4.78 is 0.